The van der Waals surface area contributed by atoms with E-state index in [1.165, 1.54) is 0 Å². The van der Waals surface area contributed by atoms with Crippen molar-refractivity contribution >= 4 is 15.8 Å². The van der Waals surface area contributed by atoms with Crippen LogP contribution in [0.15, 0.2) is 64.0 Å². The standard InChI is InChI=1S/C20H21N5O3S/c21-20(22)25-11-10-16(25)12-18-23-19(24-28-18)15-8-6-14(7-9-15)13-29(26,27)17-4-2-1-3-5-17/h1-9,16H,10-13H2,(H3,21,22). The fraction of sp³-hybridized carbons (Fsp3) is 0.250. The molecule has 9 heteroatoms. The molecule has 29 heavy (non-hydrogen) atoms. The van der Waals surface area contributed by atoms with Crippen LogP contribution >= 0.6 is 0 Å². The van der Waals surface area contributed by atoms with E-state index in [1.807, 2.05) is 0 Å². The summed E-state index contributed by atoms with van der Waals surface area (Å²) in [6.07, 6.45) is 1.47. The maximum atomic E-state index is 12.5. The third-order valence-corrected chi connectivity index (χ3v) is 6.71. The molecule has 1 aliphatic heterocycles. The van der Waals surface area contributed by atoms with Crippen LogP contribution in [0.3, 0.4) is 0 Å². The molecule has 3 aromatic rings. The van der Waals surface area contributed by atoms with Crippen molar-refractivity contribution in [2.75, 3.05) is 6.54 Å². The minimum absolute atomic E-state index is 0.0574. The average molecular weight is 411 g/mol. The third kappa shape index (κ3) is 4.14. The second kappa shape index (κ2) is 7.67. The molecule has 4 rings (SSSR count). The van der Waals surface area contributed by atoms with E-state index in [4.69, 9.17) is 15.7 Å². The lowest BCUT2D eigenvalue weighted by Crippen LogP contribution is -2.54. The molecule has 1 atom stereocenters. The van der Waals surface area contributed by atoms with Gasteiger partial charge in [-0.2, -0.15) is 4.98 Å². The van der Waals surface area contributed by atoms with Crippen LogP contribution in [-0.4, -0.2) is 42.0 Å². The van der Waals surface area contributed by atoms with Crippen LogP contribution in [0.1, 0.15) is 17.9 Å². The van der Waals surface area contributed by atoms with Crippen molar-refractivity contribution in [3.63, 3.8) is 0 Å². The SMILES string of the molecule is N=C(N)N1CCC1Cc1nc(-c2ccc(CS(=O)(=O)c3ccccc3)cc2)no1. The van der Waals surface area contributed by atoms with Gasteiger partial charge in [-0.05, 0) is 24.1 Å². The van der Waals surface area contributed by atoms with Crippen molar-refractivity contribution < 1.29 is 12.9 Å². The number of nitrogens with two attached hydrogens (primary N) is 1. The van der Waals surface area contributed by atoms with Crippen molar-refractivity contribution in [2.45, 2.75) is 29.5 Å². The Morgan fingerprint density at radius 1 is 1.17 bits per heavy atom. The van der Waals surface area contributed by atoms with E-state index in [-0.39, 0.29) is 17.8 Å². The van der Waals surface area contributed by atoms with Crippen LogP contribution in [-0.2, 0) is 22.0 Å². The van der Waals surface area contributed by atoms with Gasteiger partial charge in [-0.1, -0.05) is 47.6 Å². The molecular weight excluding hydrogens is 390 g/mol. The van der Waals surface area contributed by atoms with Gasteiger partial charge in [0.2, 0.25) is 11.7 Å². The summed E-state index contributed by atoms with van der Waals surface area (Å²) in [6.45, 7) is 0.772. The predicted molar refractivity (Wildman–Crippen MR) is 108 cm³/mol. The lowest BCUT2D eigenvalue weighted by atomic mass is 10.0. The highest BCUT2D eigenvalue weighted by Gasteiger charge is 2.30. The van der Waals surface area contributed by atoms with E-state index in [9.17, 15) is 8.42 Å². The first kappa shape index (κ1) is 19.1. The van der Waals surface area contributed by atoms with Gasteiger partial charge in [-0.3, -0.25) is 5.41 Å². The monoisotopic (exact) mass is 411 g/mol. The van der Waals surface area contributed by atoms with E-state index in [2.05, 4.69) is 10.1 Å². The van der Waals surface area contributed by atoms with E-state index >= 15 is 0 Å². The molecule has 1 saturated heterocycles. The van der Waals surface area contributed by atoms with Gasteiger partial charge in [-0.15, -0.1) is 0 Å². The molecular formula is C20H21N5O3S. The van der Waals surface area contributed by atoms with Gasteiger partial charge in [0.15, 0.2) is 15.8 Å². The fourth-order valence-corrected chi connectivity index (χ4v) is 4.68. The maximum Gasteiger partial charge on any atom is 0.229 e. The smallest absolute Gasteiger partial charge is 0.229 e. The molecule has 0 aliphatic carbocycles. The van der Waals surface area contributed by atoms with Crippen molar-refractivity contribution in [1.29, 1.82) is 5.41 Å². The zero-order valence-electron chi connectivity index (χ0n) is 15.7. The summed E-state index contributed by atoms with van der Waals surface area (Å²) in [5.74, 6) is 0.928. The summed E-state index contributed by atoms with van der Waals surface area (Å²) in [5.41, 5.74) is 6.97. The molecule has 1 fully saturated rings. The number of rotatable bonds is 6. The van der Waals surface area contributed by atoms with Gasteiger partial charge in [0.1, 0.15) is 0 Å². The fourth-order valence-electron chi connectivity index (χ4n) is 3.31. The first-order valence-electron chi connectivity index (χ1n) is 9.23. The molecule has 1 aliphatic rings. The minimum atomic E-state index is -3.39. The van der Waals surface area contributed by atoms with Crippen molar-refractivity contribution in [1.82, 2.24) is 15.0 Å². The molecule has 0 bridgehead atoms. The Balaban J connectivity index is 1.43. The van der Waals surface area contributed by atoms with Gasteiger partial charge < -0.3 is 15.2 Å². The Bertz CT molecular complexity index is 1110. The Morgan fingerprint density at radius 3 is 2.52 bits per heavy atom. The van der Waals surface area contributed by atoms with Crippen LogP contribution in [0.4, 0.5) is 0 Å². The van der Waals surface area contributed by atoms with Gasteiger partial charge >= 0.3 is 0 Å². The largest absolute Gasteiger partial charge is 0.370 e. The van der Waals surface area contributed by atoms with Crippen LogP contribution in [0.2, 0.25) is 0 Å². The number of nitrogens with one attached hydrogen (secondary N) is 1. The highest BCUT2D eigenvalue weighted by Crippen LogP contribution is 2.23. The van der Waals surface area contributed by atoms with Crippen LogP contribution in [0, 0.1) is 5.41 Å². The number of nitrogens with zero attached hydrogens (tertiary/aromatic N) is 3. The van der Waals surface area contributed by atoms with Crippen LogP contribution in [0.5, 0.6) is 0 Å². The van der Waals surface area contributed by atoms with Crippen LogP contribution < -0.4 is 5.73 Å². The predicted octanol–water partition coefficient (Wildman–Crippen LogP) is 2.22. The molecule has 1 unspecified atom stereocenters. The molecule has 0 radical (unpaired) electrons. The zero-order valence-corrected chi connectivity index (χ0v) is 16.5. The quantitative estimate of drug-likeness (QED) is 0.470. The summed E-state index contributed by atoms with van der Waals surface area (Å²) in [6, 6.07) is 15.6. The van der Waals surface area contributed by atoms with E-state index in [0.29, 0.717) is 28.6 Å². The maximum absolute atomic E-state index is 12.5. The van der Waals surface area contributed by atoms with Gasteiger partial charge in [0.05, 0.1) is 10.6 Å². The second-order valence-corrected chi connectivity index (χ2v) is 9.00. The molecule has 0 spiro atoms. The number of hydrogen-bond acceptors (Lipinski definition) is 6. The number of aromatic nitrogens is 2. The Kier molecular flexibility index (Phi) is 5.06. The highest BCUT2D eigenvalue weighted by molar-refractivity contribution is 7.90. The number of guanidine groups is 1. The molecule has 0 amide bonds. The van der Waals surface area contributed by atoms with Crippen molar-refractivity contribution in [3.8, 4) is 11.4 Å². The second-order valence-electron chi connectivity index (χ2n) is 7.01. The highest BCUT2D eigenvalue weighted by atomic mass is 32.2. The molecule has 3 N–H and O–H groups in total. The van der Waals surface area contributed by atoms with Crippen molar-refractivity contribution in [2.24, 2.45) is 5.73 Å². The molecule has 2 heterocycles. The lowest BCUT2D eigenvalue weighted by molar-refractivity contribution is 0.168. The number of sulfone groups is 1. The summed E-state index contributed by atoms with van der Waals surface area (Å²) in [4.78, 5) is 6.52. The average Bonchev–Trinajstić information content (AvgIpc) is 3.15. The van der Waals surface area contributed by atoms with E-state index < -0.39 is 9.84 Å². The summed E-state index contributed by atoms with van der Waals surface area (Å²) in [5, 5.41) is 11.5. The zero-order chi connectivity index (χ0) is 20.4. The first-order chi connectivity index (χ1) is 13.9. The summed E-state index contributed by atoms with van der Waals surface area (Å²) >= 11 is 0. The first-order valence-corrected chi connectivity index (χ1v) is 10.9. The van der Waals surface area contributed by atoms with E-state index in [0.717, 1.165) is 18.5 Å². The normalized spacial score (nSPS) is 16.4. The van der Waals surface area contributed by atoms with Crippen LogP contribution in [0.25, 0.3) is 11.4 Å². The van der Waals surface area contributed by atoms with E-state index in [1.54, 1.807) is 59.5 Å². The Labute approximate surface area is 168 Å². The minimum Gasteiger partial charge on any atom is -0.370 e. The molecule has 8 nitrogen and oxygen atoms in total. The molecule has 1 aromatic heterocycles. The van der Waals surface area contributed by atoms with Gasteiger partial charge in [0, 0.05) is 24.6 Å². The molecule has 150 valence electrons. The summed E-state index contributed by atoms with van der Waals surface area (Å²) < 4.78 is 30.3. The summed E-state index contributed by atoms with van der Waals surface area (Å²) in [7, 11) is -3.39. The topological polar surface area (TPSA) is 126 Å². The van der Waals surface area contributed by atoms with Gasteiger partial charge in [0.25, 0.3) is 0 Å². The third-order valence-electron chi connectivity index (χ3n) is 5.00. The number of benzene rings is 2. The Morgan fingerprint density at radius 2 is 1.90 bits per heavy atom. The lowest BCUT2D eigenvalue weighted by Gasteiger charge is -2.40. The Hall–Kier alpha value is -3.20. The van der Waals surface area contributed by atoms with Gasteiger partial charge in [-0.25, -0.2) is 8.42 Å². The molecule has 2 aromatic carbocycles. The number of hydrogen-bond donors (Lipinski definition) is 2. The molecule has 0 saturated carbocycles. The number of likely N-dealkylation sites (tertiary alicyclic amines) is 1. The van der Waals surface area contributed by atoms with Crippen molar-refractivity contribution in [3.05, 3.63) is 66.1 Å².